The second-order valence-corrected chi connectivity index (χ2v) is 14.0. The first-order valence-electron chi connectivity index (χ1n) is 18.3. The Labute approximate surface area is 278 Å². The van der Waals surface area contributed by atoms with Gasteiger partial charge in [0, 0.05) is 50.7 Å². The largest absolute Gasteiger partial charge is 0.491 e. The number of carbonyl (C=O) groups excluding carboxylic acids is 1. The van der Waals surface area contributed by atoms with Crippen molar-refractivity contribution in [2.75, 3.05) is 59.0 Å². The number of ether oxygens (including phenoxy) is 3. The van der Waals surface area contributed by atoms with Gasteiger partial charge in [0.2, 0.25) is 5.91 Å². The molecule has 2 aliphatic heterocycles. The summed E-state index contributed by atoms with van der Waals surface area (Å²) in [6.45, 7) is 16.5. The standard InChI is InChI=1S/C39H59N3O4/c1-5-44-36-18-17-33(29-37(36)45-6-2)39(20-22-40-23-25-41(26-24-40)34-14-8-7-9-15-34)19-10-11-21-42(30-39)38(43)28-32-13-12-16-35(27-32)46-31(3)4/h12-13,16-18,27,29,31,34H,5-11,14-15,19-26,28,30H2,1-4H3/t39-/m1/s1. The van der Waals surface area contributed by atoms with E-state index in [1.54, 1.807) is 0 Å². The van der Waals surface area contributed by atoms with E-state index in [2.05, 4.69) is 32.9 Å². The van der Waals surface area contributed by atoms with Crippen molar-refractivity contribution in [3.05, 3.63) is 53.6 Å². The van der Waals surface area contributed by atoms with Crippen LogP contribution in [0.4, 0.5) is 0 Å². The van der Waals surface area contributed by atoms with Crippen LogP contribution >= 0.6 is 0 Å². The summed E-state index contributed by atoms with van der Waals surface area (Å²) < 4.78 is 18.0. The second-order valence-electron chi connectivity index (χ2n) is 14.0. The Kier molecular flexibility index (Phi) is 12.7. The van der Waals surface area contributed by atoms with Gasteiger partial charge in [0.1, 0.15) is 5.75 Å². The molecule has 5 rings (SSSR count). The normalized spacial score (nSPS) is 22.1. The number of hydrogen-bond donors (Lipinski definition) is 0. The number of amides is 1. The molecule has 0 bridgehead atoms. The number of piperazine rings is 1. The Hall–Kier alpha value is -2.77. The zero-order chi connectivity index (χ0) is 32.4. The van der Waals surface area contributed by atoms with Crippen molar-refractivity contribution in [1.82, 2.24) is 14.7 Å². The highest BCUT2D eigenvalue weighted by atomic mass is 16.5. The molecule has 3 fully saturated rings. The molecule has 3 aliphatic rings. The van der Waals surface area contributed by atoms with Gasteiger partial charge >= 0.3 is 0 Å². The fourth-order valence-corrected chi connectivity index (χ4v) is 7.93. The minimum absolute atomic E-state index is 0.100. The van der Waals surface area contributed by atoms with Crippen LogP contribution in [0.1, 0.15) is 96.6 Å². The Balaban J connectivity index is 1.35. The first-order valence-corrected chi connectivity index (χ1v) is 18.3. The zero-order valence-corrected chi connectivity index (χ0v) is 29.1. The average molecular weight is 634 g/mol. The molecule has 2 saturated heterocycles. The summed E-state index contributed by atoms with van der Waals surface area (Å²) in [5.74, 6) is 2.63. The zero-order valence-electron chi connectivity index (χ0n) is 29.1. The molecule has 0 aromatic heterocycles. The van der Waals surface area contributed by atoms with Crippen molar-refractivity contribution in [1.29, 1.82) is 0 Å². The first-order chi connectivity index (χ1) is 22.4. The molecule has 7 nitrogen and oxygen atoms in total. The van der Waals surface area contributed by atoms with Crippen molar-refractivity contribution in [3.8, 4) is 17.2 Å². The van der Waals surface area contributed by atoms with Crippen molar-refractivity contribution < 1.29 is 19.0 Å². The molecule has 46 heavy (non-hydrogen) atoms. The molecule has 2 aromatic rings. The first kappa shape index (κ1) is 34.6. The lowest BCUT2D eigenvalue weighted by molar-refractivity contribution is -0.131. The van der Waals surface area contributed by atoms with E-state index in [1.807, 2.05) is 52.0 Å². The van der Waals surface area contributed by atoms with Gasteiger partial charge in [0.15, 0.2) is 11.5 Å². The molecule has 1 amide bonds. The van der Waals surface area contributed by atoms with Crippen molar-refractivity contribution >= 4 is 5.91 Å². The van der Waals surface area contributed by atoms with Crippen LogP contribution in [0.5, 0.6) is 17.2 Å². The van der Waals surface area contributed by atoms with Crippen molar-refractivity contribution in [2.45, 2.75) is 109 Å². The number of carbonyl (C=O) groups is 1. The molecular formula is C39H59N3O4. The van der Waals surface area contributed by atoms with E-state index in [1.165, 1.54) is 50.8 Å². The molecule has 2 aromatic carbocycles. The molecule has 2 heterocycles. The lowest BCUT2D eigenvalue weighted by Gasteiger charge is -2.43. The highest BCUT2D eigenvalue weighted by Gasteiger charge is 2.38. The lowest BCUT2D eigenvalue weighted by Crippen LogP contribution is -2.52. The molecular weight excluding hydrogens is 574 g/mol. The van der Waals surface area contributed by atoms with E-state index in [0.29, 0.717) is 19.6 Å². The molecule has 254 valence electrons. The van der Waals surface area contributed by atoms with Gasteiger partial charge in [-0.2, -0.15) is 0 Å². The fraction of sp³-hybridized carbons (Fsp3) is 0.667. The van der Waals surface area contributed by atoms with Gasteiger partial charge < -0.3 is 24.0 Å². The second kappa shape index (κ2) is 16.9. The van der Waals surface area contributed by atoms with Gasteiger partial charge in [-0.25, -0.2) is 0 Å². The van der Waals surface area contributed by atoms with Crippen molar-refractivity contribution in [3.63, 3.8) is 0 Å². The highest BCUT2D eigenvalue weighted by Crippen LogP contribution is 2.41. The molecule has 1 saturated carbocycles. The summed E-state index contributed by atoms with van der Waals surface area (Å²) >= 11 is 0. The van der Waals surface area contributed by atoms with Crippen molar-refractivity contribution in [2.24, 2.45) is 0 Å². The maximum Gasteiger partial charge on any atom is 0.227 e. The number of nitrogens with zero attached hydrogens (tertiary/aromatic N) is 3. The third kappa shape index (κ3) is 9.19. The van der Waals surface area contributed by atoms with Gasteiger partial charge in [0.05, 0.1) is 25.7 Å². The minimum Gasteiger partial charge on any atom is -0.491 e. The predicted octanol–water partition coefficient (Wildman–Crippen LogP) is 7.10. The summed E-state index contributed by atoms with van der Waals surface area (Å²) in [6, 6.07) is 15.4. The molecule has 0 spiro atoms. The van der Waals surface area contributed by atoms with E-state index >= 15 is 0 Å². The predicted molar refractivity (Wildman–Crippen MR) is 186 cm³/mol. The molecule has 7 heteroatoms. The van der Waals surface area contributed by atoms with Crippen LogP contribution in [0.2, 0.25) is 0 Å². The van der Waals surface area contributed by atoms with Gasteiger partial charge in [0.25, 0.3) is 0 Å². The Morgan fingerprint density at radius 3 is 2.37 bits per heavy atom. The van der Waals surface area contributed by atoms with Crippen LogP contribution < -0.4 is 14.2 Å². The van der Waals surface area contributed by atoms with E-state index in [4.69, 9.17) is 14.2 Å². The maximum absolute atomic E-state index is 14.0. The topological polar surface area (TPSA) is 54.5 Å². The summed E-state index contributed by atoms with van der Waals surface area (Å²) in [5.41, 5.74) is 2.13. The summed E-state index contributed by atoms with van der Waals surface area (Å²) in [4.78, 5) is 21.6. The number of hydrogen-bond acceptors (Lipinski definition) is 6. The molecule has 1 atom stereocenters. The Morgan fingerprint density at radius 2 is 1.63 bits per heavy atom. The van der Waals surface area contributed by atoms with E-state index in [0.717, 1.165) is 87.3 Å². The van der Waals surface area contributed by atoms with Crippen LogP contribution in [-0.2, 0) is 16.6 Å². The maximum atomic E-state index is 14.0. The van der Waals surface area contributed by atoms with Crippen LogP contribution in [0, 0.1) is 0 Å². The van der Waals surface area contributed by atoms with Gasteiger partial charge in [-0.05, 0) is 102 Å². The quantitative estimate of drug-likeness (QED) is 0.235. The Bertz CT molecular complexity index is 1240. The highest BCUT2D eigenvalue weighted by molar-refractivity contribution is 5.79. The SMILES string of the molecule is CCOc1ccc([C@@]2(CCN3CCN(C4CCCCC4)CC3)CCCCN(C(=O)Cc3cccc(OC(C)C)c3)C2)cc1OCC. The number of likely N-dealkylation sites (tertiary alicyclic amines) is 1. The van der Waals surface area contributed by atoms with Gasteiger partial charge in [-0.1, -0.05) is 43.9 Å². The van der Waals surface area contributed by atoms with E-state index in [9.17, 15) is 4.79 Å². The van der Waals surface area contributed by atoms with Crippen LogP contribution in [0.25, 0.3) is 0 Å². The minimum atomic E-state index is -0.147. The van der Waals surface area contributed by atoms with Crippen LogP contribution in [-0.4, -0.2) is 91.8 Å². The molecule has 0 N–H and O–H groups in total. The summed E-state index contributed by atoms with van der Waals surface area (Å²) in [7, 11) is 0. The molecule has 0 radical (unpaired) electrons. The third-order valence-corrected chi connectivity index (χ3v) is 10.4. The van der Waals surface area contributed by atoms with E-state index in [-0.39, 0.29) is 17.4 Å². The third-order valence-electron chi connectivity index (χ3n) is 10.4. The van der Waals surface area contributed by atoms with Crippen LogP contribution in [0.15, 0.2) is 42.5 Å². The summed E-state index contributed by atoms with van der Waals surface area (Å²) in [5, 5.41) is 0. The lowest BCUT2D eigenvalue weighted by atomic mass is 9.73. The summed E-state index contributed by atoms with van der Waals surface area (Å²) in [6.07, 6.45) is 11.7. The smallest absolute Gasteiger partial charge is 0.227 e. The van der Waals surface area contributed by atoms with Gasteiger partial charge in [-0.15, -0.1) is 0 Å². The Morgan fingerprint density at radius 1 is 0.870 bits per heavy atom. The van der Waals surface area contributed by atoms with E-state index < -0.39 is 0 Å². The molecule has 0 unspecified atom stereocenters. The fourth-order valence-electron chi connectivity index (χ4n) is 7.93. The number of benzene rings is 2. The van der Waals surface area contributed by atoms with Gasteiger partial charge in [-0.3, -0.25) is 9.69 Å². The number of rotatable bonds is 13. The monoisotopic (exact) mass is 633 g/mol. The average Bonchev–Trinajstić information content (AvgIpc) is 3.29. The molecule has 1 aliphatic carbocycles. The van der Waals surface area contributed by atoms with Crippen LogP contribution in [0.3, 0.4) is 0 Å².